The molecule has 1 aliphatic carbocycles. The van der Waals surface area contributed by atoms with Crippen molar-refractivity contribution in [2.24, 2.45) is 11.7 Å². The molecule has 3 rings (SSSR count). The highest BCUT2D eigenvalue weighted by molar-refractivity contribution is 6.32. The quantitative estimate of drug-likeness (QED) is 0.817. The summed E-state index contributed by atoms with van der Waals surface area (Å²) in [7, 11) is 3.10. The molecule has 1 aromatic carbocycles. The van der Waals surface area contributed by atoms with E-state index in [-0.39, 0.29) is 6.04 Å². The van der Waals surface area contributed by atoms with Gasteiger partial charge in [-0.1, -0.05) is 48.9 Å². The van der Waals surface area contributed by atoms with E-state index in [1.165, 1.54) is 32.1 Å². The van der Waals surface area contributed by atoms with Gasteiger partial charge >= 0.3 is 0 Å². The summed E-state index contributed by atoms with van der Waals surface area (Å²) < 4.78 is 15.9. The van der Waals surface area contributed by atoms with Crippen molar-refractivity contribution in [2.75, 3.05) is 14.2 Å². The number of nitrogens with zero attached hydrogens (tertiary/aromatic N) is 2. The lowest BCUT2D eigenvalue weighted by Crippen LogP contribution is -2.17. The van der Waals surface area contributed by atoms with Crippen molar-refractivity contribution in [3.8, 4) is 22.9 Å². The Bertz CT molecular complexity index is 714. The summed E-state index contributed by atoms with van der Waals surface area (Å²) in [6, 6.07) is 3.26. The van der Waals surface area contributed by atoms with Crippen LogP contribution in [-0.4, -0.2) is 24.4 Å². The van der Waals surface area contributed by atoms with Crippen molar-refractivity contribution in [1.82, 2.24) is 10.1 Å². The zero-order valence-corrected chi connectivity index (χ0v) is 15.4. The van der Waals surface area contributed by atoms with Crippen molar-refractivity contribution >= 4 is 11.6 Å². The van der Waals surface area contributed by atoms with Crippen LogP contribution in [0.1, 0.15) is 50.5 Å². The molecule has 0 amide bonds. The van der Waals surface area contributed by atoms with Crippen LogP contribution in [0.3, 0.4) is 0 Å². The van der Waals surface area contributed by atoms with Crippen LogP contribution >= 0.6 is 11.6 Å². The van der Waals surface area contributed by atoms with Crippen LogP contribution < -0.4 is 15.2 Å². The largest absolute Gasteiger partial charge is 0.493 e. The maximum atomic E-state index is 6.28. The van der Waals surface area contributed by atoms with E-state index >= 15 is 0 Å². The Morgan fingerprint density at radius 1 is 1.24 bits per heavy atom. The topological polar surface area (TPSA) is 83.4 Å². The molecule has 0 saturated heterocycles. The summed E-state index contributed by atoms with van der Waals surface area (Å²) in [5, 5.41) is 4.48. The van der Waals surface area contributed by atoms with E-state index in [2.05, 4.69) is 10.1 Å². The van der Waals surface area contributed by atoms with E-state index in [0.717, 1.165) is 6.42 Å². The Morgan fingerprint density at radius 3 is 2.68 bits per heavy atom. The van der Waals surface area contributed by atoms with Gasteiger partial charge in [0.1, 0.15) is 0 Å². The Labute approximate surface area is 152 Å². The summed E-state index contributed by atoms with van der Waals surface area (Å²) in [5.41, 5.74) is 6.98. The molecule has 7 heteroatoms. The van der Waals surface area contributed by atoms with Gasteiger partial charge in [0.15, 0.2) is 11.5 Å². The van der Waals surface area contributed by atoms with Crippen LogP contribution in [0.2, 0.25) is 5.02 Å². The fourth-order valence-corrected chi connectivity index (χ4v) is 3.72. The van der Waals surface area contributed by atoms with E-state index in [1.54, 1.807) is 26.4 Å². The van der Waals surface area contributed by atoms with Gasteiger partial charge in [0, 0.05) is 5.56 Å². The highest BCUT2D eigenvalue weighted by Crippen LogP contribution is 2.39. The van der Waals surface area contributed by atoms with Crippen LogP contribution in [0.25, 0.3) is 11.4 Å². The first-order valence-electron chi connectivity index (χ1n) is 8.63. The number of methoxy groups -OCH3 is 2. The number of rotatable bonds is 6. The maximum Gasteiger partial charge on any atom is 0.243 e. The smallest absolute Gasteiger partial charge is 0.243 e. The van der Waals surface area contributed by atoms with Crippen LogP contribution in [-0.2, 0) is 0 Å². The van der Waals surface area contributed by atoms with Crippen LogP contribution in [0.4, 0.5) is 0 Å². The van der Waals surface area contributed by atoms with Gasteiger partial charge in [-0.3, -0.25) is 0 Å². The second-order valence-electron chi connectivity index (χ2n) is 6.50. The molecular formula is C18H24ClN3O3. The zero-order chi connectivity index (χ0) is 17.8. The predicted octanol–water partition coefficient (Wildman–Crippen LogP) is 4.38. The minimum atomic E-state index is -0.236. The lowest BCUT2D eigenvalue weighted by molar-refractivity contribution is 0.284. The van der Waals surface area contributed by atoms with Gasteiger partial charge in [-0.15, -0.1) is 0 Å². The molecule has 1 heterocycles. The molecule has 1 aliphatic rings. The third-order valence-electron chi connectivity index (χ3n) is 4.76. The zero-order valence-electron chi connectivity index (χ0n) is 14.6. The number of nitrogens with two attached hydrogens (primary N) is 1. The summed E-state index contributed by atoms with van der Waals surface area (Å²) in [4.78, 5) is 4.46. The second kappa shape index (κ2) is 8.06. The fourth-order valence-electron chi connectivity index (χ4n) is 3.43. The maximum absolute atomic E-state index is 6.28. The van der Waals surface area contributed by atoms with Crippen LogP contribution in [0.5, 0.6) is 11.5 Å². The normalized spacial score (nSPS) is 16.6. The molecule has 0 radical (unpaired) electrons. The van der Waals surface area contributed by atoms with Crippen molar-refractivity contribution in [3.63, 3.8) is 0 Å². The Hall–Kier alpha value is -1.79. The number of ether oxygens (including phenoxy) is 2. The molecule has 1 aromatic heterocycles. The van der Waals surface area contributed by atoms with Crippen LogP contribution in [0.15, 0.2) is 16.7 Å². The minimum Gasteiger partial charge on any atom is -0.493 e. The van der Waals surface area contributed by atoms with Crippen molar-refractivity contribution in [3.05, 3.63) is 23.0 Å². The molecule has 6 nitrogen and oxygen atoms in total. The number of hydrogen-bond donors (Lipinski definition) is 1. The van der Waals surface area contributed by atoms with Crippen molar-refractivity contribution < 1.29 is 14.0 Å². The molecule has 1 atom stereocenters. The summed E-state index contributed by atoms with van der Waals surface area (Å²) in [6.45, 7) is 0. The summed E-state index contributed by atoms with van der Waals surface area (Å²) in [6.07, 6.45) is 7.26. The van der Waals surface area contributed by atoms with E-state index in [4.69, 9.17) is 31.3 Å². The molecule has 0 spiro atoms. The van der Waals surface area contributed by atoms with Crippen molar-refractivity contribution in [1.29, 1.82) is 0 Å². The first-order valence-corrected chi connectivity index (χ1v) is 9.01. The minimum absolute atomic E-state index is 0.236. The Morgan fingerprint density at radius 2 is 2.00 bits per heavy atom. The molecular weight excluding hydrogens is 342 g/mol. The average molecular weight is 366 g/mol. The molecule has 0 aliphatic heterocycles. The first-order chi connectivity index (χ1) is 12.1. The van der Waals surface area contributed by atoms with Gasteiger partial charge in [0.25, 0.3) is 0 Å². The van der Waals surface area contributed by atoms with Gasteiger partial charge in [0.05, 0.1) is 25.3 Å². The monoisotopic (exact) mass is 365 g/mol. The summed E-state index contributed by atoms with van der Waals surface area (Å²) >= 11 is 6.25. The molecule has 136 valence electrons. The number of halogens is 1. The SMILES string of the molecule is COc1cc(-c2noc(C(N)CC3CCCCC3)n2)cc(Cl)c1OC. The molecule has 0 bridgehead atoms. The third-order valence-corrected chi connectivity index (χ3v) is 5.04. The molecule has 2 aromatic rings. The lowest BCUT2D eigenvalue weighted by atomic mass is 9.85. The van der Waals surface area contributed by atoms with Gasteiger partial charge in [-0.25, -0.2) is 0 Å². The molecule has 1 saturated carbocycles. The second-order valence-corrected chi connectivity index (χ2v) is 6.90. The molecule has 1 unspecified atom stereocenters. The number of aromatic nitrogens is 2. The average Bonchev–Trinajstić information content (AvgIpc) is 3.12. The third kappa shape index (κ3) is 4.07. The van der Waals surface area contributed by atoms with E-state index in [0.29, 0.717) is 39.7 Å². The molecule has 1 fully saturated rings. The standard InChI is InChI=1S/C18H24ClN3O3/c1-23-15-10-12(9-13(19)16(15)24-2)17-21-18(25-22-17)14(20)8-11-6-4-3-5-7-11/h9-11,14H,3-8,20H2,1-2H3. The summed E-state index contributed by atoms with van der Waals surface area (Å²) in [5.74, 6) is 2.55. The Balaban J connectivity index is 1.77. The number of hydrogen-bond acceptors (Lipinski definition) is 6. The van der Waals surface area contributed by atoms with Crippen LogP contribution in [0, 0.1) is 5.92 Å². The molecule has 2 N–H and O–H groups in total. The number of benzene rings is 1. The van der Waals surface area contributed by atoms with E-state index in [9.17, 15) is 0 Å². The predicted molar refractivity (Wildman–Crippen MR) is 96.0 cm³/mol. The van der Waals surface area contributed by atoms with Gasteiger partial charge < -0.3 is 19.7 Å². The Kier molecular flexibility index (Phi) is 5.81. The van der Waals surface area contributed by atoms with E-state index < -0.39 is 0 Å². The van der Waals surface area contributed by atoms with Gasteiger partial charge in [-0.05, 0) is 24.5 Å². The lowest BCUT2D eigenvalue weighted by Gasteiger charge is -2.22. The first kappa shape index (κ1) is 18.0. The highest BCUT2D eigenvalue weighted by atomic mass is 35.5. The van der Waals surface area contributed by atoms with Gasteiger partial charge in [-0.2, -0.15) is 4.98 Å². The van der Waals surface area contributed by atoms with Gasteiger partial charge in [0.2, 0.25) is 11.7 Å². The highest BCUT2D eigenvalue weighted by Gasteiger charge is 2.22. The van der Waals surface area contributed by atoms with Crippen molar-refractivity contribution in [2.45, 2.75) is 44.6 Å². The van der Waals surface area contributed by atoms with E-state index in [1.807, 2.05) is 0 Å². The fraction of sp³-hybridized carbons (Fsp3) is 0.556. The molecule has 25 heavy (non-hydrogen) atoms.